The van der Waals surface area contributed by atoms with Crippen LogP contribution >= 0.6 is 16.5 Å². The molecule has 0 aliphatic heterocycles. The van der Waals surface area contributed by atoms with Crippen molar-refractivity contribution in [3.05, 3.63) is 340 Å². The Hall–Kier alpha value is -10.6. The summed E-state index contributed by atoms with van der Waals surface area (Å²) in [6, 6.07) is 121. The van der Waals surface area contributed by atoms with Crippen molar-refractivity contribution in [2.45, 2.75) is 0 Å². The van der Waals surface area contributed by atoms with E-state index < -0.39 is 32.6 Å². The maximum atomic E-state index is 8.18. The number of rotatable bonds is 13. The minimum absolute atomic E-state index is 0.602. The molecule has 0 saturated heterocycles. The maximum Gasteiger partial charge on any atom is 0.453 e. The molecule has 0 N–H and O–H groups in total. The predicted octanol–water partition coefficient (Wildman–Crippen LogP) is 17.3. The zero-order chi connectivity index (χ0) is 59.9. The molecule has 0 atom stereocenters. The molecule has 0 bridgehead atoms. The third kappa shape index (κ3) is 9.39. The lowest BCUT2D eigenvalue weighted by atomic mass is 9.92. The fourth-order valence-corrected chi connectivity index (χ4v) is 25.8. The van der Waals surface area contributed by atoms with E-state index in [1.54, 1.807) is 0 Å². The van der Waals surface area contributed by atoms with Gasteiger partial charge in [0.1, 0.15) is 33.8 Å². The maximum absolute atomic E-state index is 8.18. The van der Waals surface area contributed by atoms with Crippen LogP contribution in [0.5, 0.6) is 11.5 Å². The minimum atomic E-state index is -3.59. The van der Waals surface area contributed by atoms with Crippen LogP contribution in [0.25, 0.3) is 76.5 Å². The minimum Gasteiger partial charge on any atom is -0.390 e. The molecule has 16 rings (SSSR count). The van der Waals surface area contributed by atoms with Crippen molar-refractivity contribution in [1.29, 1.82) is 0 Å². The summed E-state index contributed by atoms with van der Waals surface area (Å²) < 4.78 is 45.5. The van der Waals surface area contributed by atoms with Crippen LogP contribution in [0.15, 0.2) is 357 Å². The molecular weight excluding hydrogens is 1170 g/mol. The fourth-order valence-electron chi connectivity index (χ4n) is 13.6. The monoisotopic (exact) mass is 1230 g/mol. The predicted molar refractivity (Wildman–Crippen MR) is 379 cm³/mol. The lowest BCUT2D eigenvalue weighted by Crippen LogP contribution is -2.75. The largest absolute Gasteiger partial charge is 0.453 e. The molecule has 0 fully saturated rings. The van der Waals surface area contributed by atoms with Crippen molar-refractivity contribution in [2.24, 2.45) is 0 Å². The first-order valence-electron chi connectivity index (χ1n) is 30.2. The normalized spacial score (nSPS) is 11.8. The summed E-state index contributed by atoms with van der Waals surface area (Å²) in [5.41, 5.74) is 4.23. The summed E-state index contributed by atoms with van der Waals surface area (Å²) in [5.74, 6) is 1.20. The van der Waals surface area contributed by atoms with E-state index in [9.17, 15) is 0 Å². The van der Waals surface area contributed by atoms with Gasteiger partial charge in [0.25, 0.3) is 0 Å². The Balaban J connectivity index is 1.16. The molecule has 16 aromatic rings. The zero-order valence-electron chi connectivity index (χ0n) is 48.7. The molecule has 0 aliphatic carbocycles. The number of hydrogen-bond donors (Lipinski definition) is 0. The lowest BCUT2D eigenvalue weighted by Gasteiger charge is -2.37. The Bertz CT molecular complexity index is 4730. The molecule has 2 heterocycles. The van der Waals surface area contributed by atoms with Crippen LogP contribution < -0.4 is 50.5 Å². The molecule has 6 nitrogen and oxygen atoms in total. The number of hydrogen-bond acceptors (Lipinski definition) is 6. The quantitative estimate of drug-likeness (QED) is 0.0846. The average molecular weight is 1230 g/mol. The summed E-state index contributed by atoms with van der Waals surface area (Å²) in [6.07, 6.45) is 0. The molecule has 0 amide bonds. The van der Waals surface area contributed by atoms with E-state index >= 15 is 0 Å². The Kier molecular flexibility index (Phi) is 14.3. The lowest BCUT2D eigenvalue weighted by molar-refractivity contribution is 0.497. The number of para-hydroxylation sites is 4. The van der Waals surface area contributed by atoms with Crippen molar-refractivity contribution >= 4 is 140 Å². The van der Waals surface area contributed by atoms with Gasteiger partial charge in [-0.3, -0.25) is 0 Å². The molecule has 14 aromatic carbocycles. The van der Waals surface area contributed by atoms with Gasteiger partial charge in [0, 0.05) is 32.7 Å². The van der Waals surface area contributed by atoms with Crippen molar-refractivity contribution in [3.63, 3.8) is 0 Å². The average Bonchev–Trinajstić information content (AvgIpc) is 0.769. The van der Waals surface area contributed by atoms with E-state index in [4.69, 9.17) is 25.8 Å². The summed E-state index contributed by atoms with van der Waals surface area (Å²) in [4.78, 5) is 0. The van der Waals surface area contributed by atoms with Crippen LogP contribution in [-0.2, 0) is 0 Å². The number of fused-ring (bicyclic) bond motifs is 8. The third-order valence-corrected chi connectivity index (χ3v) is 29.1. The van der Waals surface area contributed by atoms with Gasteiger partial charge in [0.2, 0.25) is 0 Å². The molecular formula is C80H56O6P2Si2. The van der Waals surface area contributed by atoms with Crippen molar-refractivity contribution in [2.75, 3.05) is 0 Å². The van der Waals surface area contributed by atoms with Gasteiger partial charge in [-0.05, 0) is 87.3 Å². The van der Waals surface area contributed by atoms with Crippen LogP contribution in [0, 0.1) is 0 Å². The van der Waals surface area contributed by atoms with Crippen LogP contribution in [0.4, 0.5) is 0 Å². The molecule has 2 aromatic heterocycles. The topological polar surface area (TPSA) is 71.0 Å². The van der Waals surface area contributed by atoms with Crippen LogP contribution in [0.3, 0.4) is 0 Å². The van der Waals surface area contributed by atoms with E-state index in [1.165, 1.54) is 31.1 Å². The van der Waals surface area contributed by atoms with E-state index in [0.29, 0.717) is 33.8 Å². The molecule has 0 unspecified atom stereocenters. The molecule has 0 radical (unpaired) electrons. The summed E-state index contributed by atoms with van der Waals surface area (Å²) >= 11 is 0. The van der Waals surface area contributed by atoms with Crippen molar-refractivity contribution in [3.8, 4) is 22.6 Å². The molecule has 0 saturated carbocycles. The standard InChI is InChI=1S/C80H56O6P2Si2/c1-7-33-59(34-8-1)89(60-35-9-2-10-36-60,61-37-11-3-12-38-61)75-55-57-31-19-21-45-65(57)77(79(75)85-87-81-71-51-27-23-47-67(71)68-48-24-28-52-72(68)82-87)78-66-46-22-20-32-58(66)56-76(80(78)86-88-83-73-53-29-25-49-69(73)70-50-26-30-54-74(70)84-88)90(62-39-13-4-14-40-62,63-41-15-5-16-42-63)64-43-17-6-18-44-64/h1-56H. The summed E-state index contributed by atoms with van der Waals surface area (Å²) in [7, 11) is -11.8. The molecule has 90 heavy (non-hydrogen) atoms. The van der Waals surface area contributed by atoms with Crippen LogP contribution in [0.2, 0.25) is 0 Å². The van der Waals surface area contributed by atoms with Gasteiger partial charge in [0.05, 0.1) is 0 Å². The molecule has 10 heteroatoms. The first kappa shape index (κ1) is 54.8. The van der Waals surface area contributed by atoms with Gasteiger partial charge in [-0.1, -0.05) is 315 Å². The van der Waals surface area contributed by atoms with E-state index in [-0.39, 0.29) is 0 Å². The number of benzene rings is 14. The van der Waals surface area contributed by atoms with E-state index in [1.807, 2.05) is 72.8 Å². The second-order valence-corrected chi connectivity index (χ2v) is 31.9. The molecule has 0 aliphatic rings. The highest BCUT2D eigenvalue weighted by molar-refractivity contribution is 7.32. The van der Waals surface area contributed by atoms with Crippen LogP contribution in [0.1, 0.15) is 0 Å². The second kappa shape index (κ2) is 23.5. The highest BCUT2D eigenvalue weighted by Crippen LogP contribution is 2.51. The van der Waals surface area contributed by atoms with E-state index in [2.05, 4.69) is 267 Å². The first-order valence-corrected chi connectivity index (χ1v) is 36.3. The highest BCUT2D eigenvalue weighted by Gasteiger charge is 2.48. The van der Waals surface area contributed by atoms with Crippen molar-refractivity contribution in [1.82, 2.24) is 0 Å². The fraction of sp³-hybridized carbons (Fsp3) is 0. The Morgan fingerprint density at radius 3 is 0.689 bits per heavy atom. The van der Waals surface area contributed by atoms with Gasteiger partial charge in [-0.15, -0.1) is 0 Å². The first-order chi connectivity index (χ1) is 44.6. The Morgan fingerprint density at radius 1 is 0.222 bits per heavy atom. The van der Waals surface area contributed by atoms with Gasteiger partial charge >= 0.3 is 16.5 Å². The van der Waals surface area contributed by atoms with Crippen LogP contribution in [-0.4, -0.2) is 16.1 Å². The molecule has 0 spiro atoms. The summed E-state index contributed by atoms with van der Waals surface area (Å²) in [5, 5.41) is 16.5. The third-order valence-electron chi connectivity index (χ3n) is 17.5. The molecule has 430 valence electrons. The zero-order valence-corrected chi connectivity index (χ0v) is 52.5. The van der Waals surface area contributed by atoms with Gasteiger partial charge < -0.3 is 25.8 Å². The second-order valence-electron chi connectivity index (χ2n) is 22.4. The smallest absolute Gasteiger partial charge is 0.390 e. The van der Waals surface area contributed by atoms with Crippen molar-refractivity contribution < 1.29 is 25.8 Å². The van der Waals surface area contributed by atoms with Gasteiger partial charge in [-0.25, -0.2) is 0 Å². The van der Waals surface area contributed by atoms with Gasteiger partial charge in [0.15, 0.2) is 16.1 Å². The Morgan fingerprint density at radius 2 is 0.433 bits per heavy atom. The summed E-state index contributed by atoms with van der Waals surface area (Å²) in [6.45, 7) is 0. The van der Waals surface area contributed by atoms with Gasteiger partial charge in [-0.2, -0.15) is 0 Å². The highest BCUT2D eigenvalue weighted by atomic mass is 31.1. The Labute approximate surface area is 524 Å². The SMILES string of the molecule is c1ccc([Si](c2ccccc2)(c2ccccc2)c2cc3ccccc3c(-c3c(Op4oc5ccccc5c5ccccc5o4)c([Si](c4ccccc4)(c4ccccc4)c4ccccc4)cc4ccccc34)c2Op2oc3ccccc3c3ccccc3o2)cc1. The van der Waals surface area contributed by atoms with E-state index in [0.717, 1.165) is 64.6 Å².